The minimum Gasteiger partial charge on any atom is -0.465 e. The van der Waals surface area contributed by atoms with Gasteiger partial charge in [-0.3, -0.25) is 14.2 Å². The van der Waals surface area contributed by atoms with Crippen LogP contribution in [0.3, 0.4) is 0 Å². The Labute approximate surface area is 180 Å². The van der Waals surface area contributed by atoms with Crippen molar-refractivity contribution < 1.29 is 18.7 Å². The molecule has 1 N–H and O–H groups in total. The van der Waals surface area contributed by atoms with Crippen LogP contribution in [0.5, 0.6) is 0 Å². The van der Waals surface area contributed by atoms with Crippen LogP contribution in [-0.4, -0.2) is 28.5 Å². The van der Waals surface area contributed by atoms with E-state index in [0.29, 0.717) is 43.8 Å². The third-order valence-electron chi connectivity index (χ3n) is 4.84. The van der Waals surface area contributed by atoms with E-state index in [1.54, 1.807) is 24.3 Å². The van der Waals surface area contributed by atoms with Crippen LogP contribution in [0.4, 0.5) is 10.1 Å². The summed E-state index contributed by atoms with van der Waals surface area (Å²) in [6, 6.07) is 10.9. The van der Waals surface area contributed by atoms with Gasteiger partial charge in [-0.15, -0.1) is 11.3 Å². The second-order valence-corrected chi connectivity index (χ2v) is 7.83. The Balaban J connectivity index is 1.66. The van der Waals surface area contributed by atoms with Crippen LogP contribution in [-0.2, 0) is 22.5 Å². The van der Waals surface area contributed by atoms with Gasteiger partial charge in [-0.05, 0) is 36.4 Å². The molecule has 1 amide bonds. The minimum atomic E-state index is -0.476. The molecule has 4 rings (SSSR count). The number of benzene rings is 2. The predicted molar refractivity (Wildman–Crippen MR) is 117 cm³/mol. The van der Waals surface area contributed by atoms with Crippen molar-refractivity contribution in [3.63, 3.8) is 0 Å². The molecule has 31 heavy (non-hydrogen) atoms. The van der Waals surface area contributed by atoms with Crippen molar-refractivity contribution >= 4 is 49.2 Å². The maximum absolute atomic E-state index is 14.3. The van der Waals surface area contributed by atoms with Crippen LogP contribution < -0.4 is 10.9 Å². The number of fused-ring (bicyclic) bond motifs is 3. The summed E-state index contributed by atoms with van der Waals surface area (Å²) in [7, 11) is 1.29. The highest BCUT2D eigenvalue weighted by Crippen LogP contribution is 2.32. The van der Waals surface area contributed by atoms with Gasteiger partial charge in [0.2, 0.25) is 5.91 Å². The molecule has 2 heterocycles. The summed E-state index contributed by atoms with van der Waals surface area (Å²) in [5.74, 6) is -0.924. The summed E-state index contributed by atoms with van der Waals surface area (Å²) in [5.41, 5.74) is 0.784. The monoisotopic (exact) mass is 439 g/mol. The lowest BCUT2D eigenvalue weighted by atomic mass is 10.2. The van der Waals surface area contributed by atoms with Crippen molar-refractivity contribution in [2.75, 3.05) is 12.4 Å². The number of thiophene rings is 1. The predicted octanol–water partition coefficient (Wildman–Crippen LogP) is 3.74. The van der Waals surface area contributed by atoms with E-state index >= 15 is 0 Å². The zero-order chi connectivity index (χ0) is 22.1. The van der Waals surface area contributed by atoms with E-state index in [1.165, 1.54) is 29.9 Å². The molecular formula is C22H18FN3O4S. The first-order chi connectivity index (χ1) is 14.9. The lowest BCUT2D eigenvalue weighted by Crippen LogP contribution is -2.30. The first kappa shape index (κ1) is 20.7. The summed E-state index contributed by atoms with van der Waals surface area (Å²) in [6.07, 6.45) is 0.401. The lowest BCUT2D eigenvalue weighted by Gasteiger charge is -2.12. The number of nitrogens with one attached hydrogen (secondary N) is 1. The first-order valence-corrected chi connectivity index (χ1v) is 10.3. The van der Waals surface area contributed by atoms with Crippen LogP contribution in [0.15, 0.2) is 47.3 Å². The SMILES string of the molecule is CCc1nc2c(sc3cccc(F)c32)c(=O)n1CC(=O)Nc1ccc(C(=O)OC)cc1. The molecule has 158 valence electrons. The fourth-order valence-electron chi connectivity index (χ4n) is 3.36. The Morgan fingerprint density at radius 3 is 2.61 bits per heavy atom. The molecule has 2 aromatic heterocycles. The number of carbonyl (C=O) groups is 2. The van der Waals surface area contributed by atoms with Gasteiger partial charge < -0.3 is 10.1 Å². The Hall–Kier alpha value is -3.59. The smallest absolute Gasteiger partial charge is 0.337 e. The van der Waals surface area contributed by atoms with Crippen LogP contribution in [0.2, 0.25) is 0 Å². The maximum Gasteiger partial charge on any atom is 0.337 e. The van der Waals surface area contributed by atoms with E-state index in [2.05, 4.69) is 15.0 Å². The zero-order valence-corrected chi connectivity index (χ0v) is 17.6. The van der Waals surface area contributed by atoms with Crippen molar-refractivity contribution in [2.45, 2.75) is 19.9 Å². The molecule has 0 aliphatic carbocycles. The lowest BCUT2D eigenvalue weighted by molar-refractivity contribution is -0.116. The second kappa shape index (κ2) is 8.27. The van der Waals surface area contributed by atoms with Gasteiger partial charge in [0.25, 0.3) is 5.56 Å². The van der Waals surface area contributed by atoms with Crippen molar-refractivity contribution in [2.24, 2.45) is 0 Å². The van der Waals surface area contributed by atoms with Gasteiger partial charge in [0.05, 0.1) is 23.6 Å². The quantitative estimate of drug-likeness (QED) is 0.479. The number of ether oxygens (including phenoxy) is 1. The van der Waals surface area contributed by atoms with Gasteiger partial charge in [-0.1, -0.05) is 13.0 Å². The molecular weight excluding hydrogens is 421 g/mol. The Morgan fingerprint density at radius 1 is 1.19 bits per heavy atom. The molecule has 0 unspecified atom stereocenters. The number of amides is 1. The molecule has 0 saturated carbocycles. The standard InChI is InChI=1S/C22H18FN3O4S/c1-3-16-25-19-18-14(23)5-4-6-15(18)31-20(19)21(28)26(16)11-17(27)24-13-9-7-12(8-10-13)22(29)30-2/h4-10H,3,11H2,1-2H3,(H,24,27). The fourth-order valence-corrected chi connectivity index (χ4v) is 4.46. The molecule has 0 bridgehead atoms. The van der Waals surface area contributed by atoms with Crippen LogP contribution in [0, 0.1) is 5.82 Å². The van der Waals surface area contributed by atoms with Crippen LogP contribution in [0.25, 0.3) is 20.3 Å². The molecule has 0 aliphatic rings. The van der Waals surface area contributed by atoms with E-state index in [4.69, 9.17) is 0 Å². The molecule has 7 nitrogen and oxygen atoms in total. The number of nitrogens with zero attached hydrogens (tertiary/aromatic N) is 2. The Bertz CT molecular complexity index is 1380. The highest BCUT2D eigenvalue weighted by Gasteiger charge is 2.19. The number of aromatic nitrogens is 2. The molecule has 4 aromatic rings. The number of anilines is 1. The third kappa shape index (κ3) is 3.79. The highest BCUT2D eigenvalue weighted by molar-refractivity contribution is 7.25. The van der Waals surface area contributed by atoms with Gasteiger partial charge in [-0.2, -0.15) is 0 Å². The molecule has 2 aromatic carbocycles. The van der Waals surface area contributed by atoms with E-state index in [0.717, 1.165) is 11.3 Å². The molecule has 0 aliphatic heterocycles. The van der Waals surface area contributed by atoms with Crippen molar-refractivity contribution in [3.8, 4) is 0 Å². The Kier molecular flexibility index (Phi) is 5.51. The number of rotatable bonds is 5. The molecule has 0 saturated heterocycles. The molecule has 0 radical (unpaired) electrons. The number of hydrogen-bond acceptors (Lipinski definition) is 6. The van der Waals surface area contributed by atoms with Gasteiger partial charge >= 0.3 is 5.97 Å². The van der Waals surface area contributed by atoms with E-state index < -0.39 is 17.7 Å². The summed E-state index contributed by atoms with van der Waals surface area (Å²) in [4.78, 5) is 41.7. The molecule has 0 atom stereocenters. The summed E-state index contributed by atoms with van der Waals surface area (Å²) >= 11 is 1.16. The maximum atomic E-state index is 14.3. The molecule has 9 heteroatoms. The average molecular weight is 439 g/mol. The number of hydrogen-bond donors (Lipinski definition) is 1. The van der Waals surface area contributed by atoms with E-state index in [9.17, 15) is 18.8 Å². The number of halogens is 1. The van der Waals surface area contributed by atoms with E-state index in [1.807, 2.05) is 6.92 Å². The van der Waals surface area contributed by atoms with Gasteiger partial charge in [-0.25, -0.2) is 14.2 Å². The topological polar surface area (TPSA) is 90.3 Å². The number of carbonyl (C=O) groups excluding carboxylic acids is 2. The Morgan fingerprint density at radius 2 is 1.94 bits per heavy atom. The van der Waals surface area contributed by atoms with Gasteiger partial charge in [0, 0.05) is 16.8 Å². The van der Waals surface area contributed by atoms with Crippen LogP contribution in [0.1, 0.15) is 23.1 Å². The largest absolute Gasteiger partial charge is 0.465 e. The minimum absolute atomic E-state index is 0.236. The summed E-state index contributed by atoms with van der Waals surface area (Å²) < 4.78 is 21.2. The van der Waals surface area contributed by atoms with Crippen molar-refractivity contribution in [3.05, 3.63) is 70.0 Å². The first-order valence-electron chi connectivity index (χ1n) is 9.51. The third-order valence-corrected chi connectivity index (χ3v) is 5.97. The zero-order valence-electron chi connectivity index (χ0n) is 16.8. The normalized spacial score (nSPS) is 11.1. The summed E-state index contributed by atoms with van der Waals surface area (Å²) in [5, 5.41) is 3.03. The van der Waals surface area contributed by atoms with Gasteiger partial charge in [0.1, 0.15) is 22.9 Å². The van der Waals surface area contributed by atoms with Crippen molar-refractivity contribution in [1.82, 2.24) is 9.55 Å². The molecule has 0 fully saturated rings. The number of aryl methyl sites for hydroxylation is 1. The highest BCUT2D eigenvalue weighted by atomic mass is 32.1. The van der Waals surface area contributed by atoms with Crippen LogP contribution >= 0.6 is 11.3 Å². The second-order valence-electron chi connectivity index (χ2n) is 6.78. The van der Waals surface area contributed by atoms with Crippen molar-refractivity contribution in [1.29, 1.82) is 0 Å². The summed E-state index contributed by atoms with van der Waals surface area (Å²) in [6.45, 7) is 1.58. The average Bonchev–Trinajstić information content (AvgIpc) is 3.15. The van der Waals surface area contributed by atoms with E-state index in [-0.39, 0.29) is 12.1 Å². The van der Waals surface area contributed by atoms with Gasteiger partial charge in [0.15, 0.2) is 0 Å². The molecule has 0 spiro atoms. The number of methoxy groups -OCH3 is 1. The fraction of sp³-hybridized carbons (Fsp3) is 0.182. The number of esters is 1.